The van der Waals surface area contributed by atoms with Gasteiger partial charge < -0.3 is 15.7 Å². The molecule has 0 heterocycles. The molecule has 0 aliphatic carbocycles. The van der Waals surface area contributed by atoms with Crippen LogP contribution in [0.1, 0.15) is 13.8 Å². The third-order valence-corrected chi connectivity index (χ3v) is 2.84. The van der Waals surface area contributed by atoms with Gasteiger partial charge in [0.25, 0.3) is 5.91 Å². The molecule has 3 N–H and O–H groups in total. The first-order valence-corrected chi connectivity index (χ1v) is 6.00. The van der Waals surface area contributed by atoms with Crippen LogP contribution in [0.4, 0.5) is 24.5 Å². The average molecular weight is 325 g/mol. The molecule has 0 aromatic heterocycles. The Hall–Kier alpha value is -1.80. The van der Waals surface area contributed by atoms with Crippen molar-refractivity contribution in [3.63, 3.8) is 0 Å². The van der Waals surface area contributed by atoms with E-state index in [2.05, 4.69) is 5.32 Å². The molecule has 1 rings (SSSR count). The van der Waals surface area contributed by atoms with E-state index in [4.69, 9.17) is 11.6 Å². The van der Waals surface area contributed by atoms with Crippen LogP contribution in [-0.2, 0) is 9.59 Å². The van der Waals surface area contributed by atoms with Crippen LogP contribution in [0.15, 0.2) is 18.2 Å². The molecule has 2 amide bonds. The van der Waals surface area contributed by atoms with Gasteiger partial charge in [-0.3, -0.25) is 9.59 Å². The lowest BCUT2D eigenvalue weighted by Gasteiger charge is -2.25. The number of halogens is 4. The van der Waals surface area contributed by atoms with Crippen molar-refractivity contribution in [1.82, 2.24) is 0 Å². The third-order valence-electron chi connectivity index (χ3n) is 2.53. The Balaban J connectivity index is 2.94. The lowest BCUT2D eigenvalue weighted by atomic mass is 10.1. The van der Waals surface area contributed by atoms with E-state index in [1.165, 1.54) is 25.1 Å². The summed E-state index contributed by atoms with van der Waals surface area (Å²) < 4.78 is 37.5. The molecule has 0 aliphatic rings. The molecule has 21 heavy (non-hydrogen) atoms. The molecule has 0 aliphatic heterocycles. The van der Waals surface area contributed by atoms with Crippen LogP contribution in [0.2, 0.25) is 5.02 Å². The van der Waals surface area contributed by atoms with E-state index >= 15 is 0 Å². The van der Waals surface area contributed by atoms with Crippen molar-refractivity contribution in [2.45, 2.75) is 25.6 Å². The minimum Gasteiger partial charge on any atom is -0.373 e. The van der Waals surface area contributed by atoms with E-state index in [1.54, 1.807) is 0 Å². The lowest BCUT2D eigenvalue weighted by molar-refractivity contribution is -0.242. The zero-order chi connectivity index (χ0) is 16.4. The highest BCUT2D eigenvalue weighted by molar-refractivity contribution is 6.34. The van der Waals surface area contributed by atoms with E-state index in [0.717, 1.165) is 0 Å². The number of amides is 2. The van der Waals surface area contributed by atoms with Gasteiger partial charge in [0.2, 0.25) is 11.5 Å². The highest BCUT2D eigenvalue weighted by Crippen LogP contribution is 2.32. The van der Waals surface area contributed by atoms with Crippen LogP contribution in [0, 0.1) is 0 Å². The second kappa shape index (κ2) is 5.90. The molecule has 9 heteroatoms. The minimum atomic E-state index is -5.13. The Morgan fingerprint density at radius 3 is 2.24 bits per heavy atom. The first kappa shape index (κ1) is 17.3. The minimum absolute atomic E-state index is 0.0902. The van der Waals surface area contributed by atoms with Gasteiger partial charge in [0, 0.05) is 12.6 Å². The Morgan fingerprint density at radius 1 is 1.24 bits per heavy atom. The van der Waals surface area contributed by atoms with Crippen molar-refractivity contribution in [2.24, 2.45) is 0 Å². The van der Waals surface area contributed by atoms with Crippen LogP contribution in [0.5, 0.6) is 0 Å². The number of nitrogens with one attached hydrogen (secondary N) is 2. The van der Waals surface area contributed by atoms with E-state index in [1.807, 2.05) is 5.32 Å². The number of benzene rings is 1. The molecule has 1 aromatic rings. The van der Waals surface area contributed by atoms with Crippen LogP contribution in [0.25, 0.3) is 0 Å². The van der Waals surface area contributed by atoms with Crippen LogP contribution >= 0.6 is 11.6 Å². The summed E-state index contributed by atoms with van der Waals surface area (Å²) in [7, 11) is 0. The molecular formula is C12H12ClF3N2O3. The standard InChI is InChI=1S/C12H12ClF3N2O3/c1-6(19)17-7-3-4-9(8(13)5-7)18-10(20)11(2,21)12(14,15)16/h3-5,21H,1-2H3,(H,17,19)(H,18,20). The molecule has 1 atom stereocenters. The van der Waals surface area contributed by atoms with Gasteiger partial charge in [-0.25, -0.2) is 0 Å². The third kappa shape index (κ3) is 4.08. The fraction of sp³-hybridized carbons (Fsp3) is 0.333. The number of anilines is 2. The predicted molar refractivity (Wildman–Crippen MR) is 71.1 cm³/mol. The molecule has 0 spiro atoms. The fourth-order valence-electron chi connectivity index (χ4n) is 1.27. The average Bonchev–Trinajstić information content (AvgIpc) is 2.30. The summed E-state index contributed by atoms with van der Waals surface area (Å²) >= 11 is 5.79. The Kier molecular flexibility index (Phi) is 4.85. The zero-order valence-corrected chi connectivity index (χ0v) is 11.8. The first-order valence-electron chi connectivity index (χ1n) is 5.63. The molecule has 0 saturated heterocycles. The van der Waals surface area contributed by atoms with Gasteiger partial charge in [-0.05, 0) is 25.1 Å². The van der Waals surface area contributed by atoms with E-state index < -0.39 is 17.7 Å². The normalized spacial score (nSPS) is 14.2. The molecule has 5 nitrogen and oxygen atoms in total. The summed E-state index contributed by atoms with van der Waals surface area (Å²) in [6.07, 6.45) is -5.13. The number of aliphatic hydroxyl groups is 1. The van der Waals surface area contributed by atoms with Gasteiger partial charge in [-0.15, -0.1) is 0 Å². The summed E-state index contributed by atoms with van der Waals surface area (Å²) in [5, 5.41) is 13.4. The van der Waals surface area contributed by atoms with E-state index in [-0.39, 0.29) is 16.6 Å². The van der Waals surface area contributed by atoms with Gasteiger partial charge in [-0.1, -0.05) is 11.6 Å². The molecular weight excluding hydrogens is 313 g/mol. The van der Waals surface area contributed by atoms with Gasteiger partial charge in [0.1, 0.15) is 0 Å². The number of rotatable bonds is 3. The van der Waals surface area contributed by atoms with Gasteiger partial charge in [0.15, 0.2) is 0 Å². The summed E-state index contributed by atoms with van der Waals surface area (Å²) in [4.78, 5) is 22.3. The summed E-state index contributed by atoms with van der Waals surface area (Å²) in [6, 6.07) is 3.80. The summed E-state index contributed by atoms with van der Waals surface area (Å²) in [6.45, 7) is 1.60. The highest BCUT2D eigenvalue weighted by Gasteiger charge is 2.55. The van der Waals surface area contributed by atoms with Crippen LogP contribution < -0.4 is 10.6 Å². The van der Waals surface area contributed by atoms with Crippen molar-refractivity contribution in [2.75, 3.05) is 10.6 Å². The second-order valence-corrected chi connectivity index (χ2v) is 4.81. The molecule has 0 saturated carbocycles. The van der Waals surface area contributed by atoms with Gasteiger partial charge >= 0.3 is 6.18 Å². The Labute approximate surface area is 123 Å². The number of hydrogen-bond acceptors (Lipinski definition) is 3. The maximum Gasteiger partial charge on any atom is 0.426 e. The van der Waals surface area contributed by atoms with Crippen molar-refractivity contribution < 1.29 is 27.9 Å². The maximum absolute atomic E-state index is 12.5. The van der Waals surface area contributed by atoms with Crippen molar-refractivity contribution in [1.29, 1.82) is 0 Å². The number of carbonyl (C=O) groups excluding carboxylic acids is 2. The first-order chi connectivity index (χ1) is 9.45. The zero-order valence-electron chi connectivity index (χ0n) is 11.0. The molecule has 1 aromatic carbocycles. The summed E-state index contributed by atoms with van der Waals surface area (Å²) in [5.74, 6) is -2.02. The SMILES string of the molecule is CC(=O)Nc1ccc(NC(=O)C(C)(O)C(F)(F)F)c(Cl)c1. The van der Waals surface area contributed by atoms with Crippen molar-refractivity contribution in [3.8, 4) is 0 Å². The monoisotopic (exact) mass is 324 g/mol. The van der Waals surface area contributed by atoms with Crippen molar-refractivity contribution in [3.05, 3.63) is 23.2 Å². The van der Waals surface area contributed by atoms with Crippen molar-refractivity contribution >= 4 is 34.8 Å². The smallest absolute Gasteiger partial charge is 0.373 e. The lowest BCUT2D eigenvalue weighted by Crippen LogP contribution is -2.52. The van der Waals surface area contributed by atoms with Gasteiger partial charge in [0.05, 0.1) is 10.7 Å². The molecule has 0 fully saturated rings. The molecule has 0 radical (unpaired) electrons. The molecule has 116 valence electrons. The largest absolute Gasteiger partial charge is 0.426 e. The van der Waals surface area contributed by atoms with Gasteiger partial charge in [-0.2, -0.15) is 13.2 Å². The quantitative estimate of drug-likeness (QED) is 0.799. The van der Waals surface area contributed by atoms with E-state index in [9.17, 15) is 27.9 Å². The number of alkyl halides is 3. The van der Waals surface area contributed by atoms with Crippen LogP contribution in [-0.4, -0.2) is 28.7 Å². The maximum atomic E-state index is 12.5. The molecule has 0 bridgehead atoms. The summed E-state index contributed by atoms with van der Waals surface area (Å²) in [5.41, 5.74) is -3.36. The molecule has 1 unspecified atom stereocenters. The Morgan fingerprint density at radius 2 is 1.81 bits per heavy atom. The fourth-order valence-corrected chi connectivity index (χ4v) is 1.50. The number of hydrogen-bond donors (Lipinski definition) is 3. The predicted octanol–water partition coefficient (Wildman–Crippen LogP) is 2.55. The Bertz CT molecular complexity index is 573. The second-order valence-electron chi connectivity index (χ2n) is 4.40. The number of carbonyl (C=O) groups is 2. The highest BCUT2D eigenvalue weighted by atomic mass is 35.5. The van der Waals surface area contributed by atoms with E-state index in [0.29, 0.717) is 12.6 Å². The van der Waals surface area contributed by atoms with Crippen LogP contribution in [0.3, 0.4) is 0 Å². The topological polar surface area (TPSA) is 78.4 Å².